The second-order valence-corrected chi connectivity index (χ2v) is 4.58. The van der Waals surface area contributed by atoms with E-state index in [4.69, 9.17) is 4.74 Å². The summed E-state index contributed by atoms with van der Waals surface area (Å²) in [5.41, 5.74) is -0.227. The number of rotatable bonds is 5. The molecule has 0 saturated carbocycles. The molecule has 0 amide bonds. The number of Topliss-reactive ketones (excluding diaryl/α,β-unsaturated/α-hetero) is 1. The van der Waals surface area contributed by atoms with E-state index in [1.165, 1.54) is 6.92 Å². The molecule has 0 saturated heterocycles. The summed E-state index contributed by atoms with van der Waals surface area (Å²) in [5, 5.41) is 0. The van der Waals surface area contributed by atoms with Crippen LogP contribution in [-0.2, 0) is 13.0 Å². The van der Waals surface area contributed by atoms with Crippen LogP contribution in [0.15, 0.2) is 40.1 Å². The molecule has 0 aliphatic carbocycles. The number of aromatic nitrogens is 2. The first-order valence-corrected chi connectivity index (χ1v) is 6.50. The highest BCUT2D eigenvalue weighted by Crippen LogP contribution is 2.17. The molecule has 0 aliphatic heterocycles. The predicted molar refractivity (Wildman–Crippen MR) is 78.0 cm³/mol. The standard InChI is InChI=1S/C15H16N2O4/c1-10(18)12-9-16-15(20)17(14(12)19)8-7-11-5-3-4-6-13(11)21-2/h3-6,9H,7-8H2,1-2H3,(H,16,20). The average Bonchev–Trinajstić information content (AvgIpc) is 2.47. The van der Waals surface area contributed by atoms with Crippen molar-refractivity contribution in [3.63, 3.8) is 0 Å². The van der Waals surface area contributed by atoms with Crippen molar-refractivity contribution in [3.05, 3.63) is 62.4 Å². The number of carbonyl (C=O) groups excluding carboxylic acids is 1. The first-order valence-electron chi connectivity index (χ1n) is 6.50. The van der Waals surface area contributed by atoms with Crippen molar-refractivity contribution in [1.82, 2.24) is 9.55 Å². The zero-order valence-corrected chi connectivity index (χ0v) is 11.9. The number of aromatic amines is 1. The zero-order chi connectivity index (χ0) is 15.4. The van der Waals surface area contributed by atoms with Crippen LogP contribution in [0.5, 0.6) is 5.75 Å². The molecule has 2 aromatic rings. The Labute approximate surface area is 121 Å². The predicted octanol–water partition coefficient (Wildman–Crippen LogP) is 0.990. The van der Waals surface area contributed by atoms with Crippen LogP contribution < -0.4 is 16.0 Å². The van der Waals surface area contributed by atoms with Crippen molar-refractivity contribution >= 4 is 5.78 Å². The van der Waals surface area contributed by atoms with Gasteiger partial charge < -0.3 is 9.72 Å². The number of nitrogens with zero attached hydrogens (tertiary/aromatic N) is 1. The number of para-hydroxylation sites is 1. The second-order valence-electron chi connectivity index (χ2n) is 4.58. The Kier molecular flexibility index (Phi) is 4.37. The number of carbonyl (C=O) groups is 1. The molecule has 1 N–H and O–H groups in total. The van der Waals surface area contributed by atoms with Crippen molar-refractivity contribution < 1.29 is 9.53 Å². The Hall–Kier alpha value is -2.63. The van der Waals surface area contributed by atoms with Gasteiger partial charge in [0.1, 0.15) is 5.75 Å². The van der Waals surface area contributed by atoms with E-state index in [0.717, 1.165) is 16.3 Å². The first-order chi connectivity index (χ1) is 10.0. The lowest BCUT2D eigenvalue weighted by molar-refractivity contribution is 0.101. The minimum Gasteiger partial charge on any atom is -0.496 e. The van der Waals surface area contributed by atoms with Crippen LogP contribution in [0.3, 0.4) is 0 Å². The third-order valence-corrected chi connectivity index (χ3v) is 3.24. The van der Waals surface area contributed by atoms with Gasteiger partial charge in [-0.25, -0.2) is 4.79 Å². The lowest BCUT2D eigenvalue weighted by Gasteiger charge is -2.09. The molecule has 6 nitrogen and oxygen atoms in total. The van der Waals surface area contributed by atoms with Gasteiger partial charge >= 0.3 is 5.69 Å². The van der Waals surface area contributed by atoms with Gasteiger partial charge in [-0.05, 0) is 25.0 Å². The van der Waals surface area contributed by atoms with E-state index < -0.39 is 11.2 Å². The van der Waals surface area contributed by atoms with Crippen LogP contribution in [0.1, 0.15) is 22.8 Å². The Morgan fingerprint density at radius 2 is 2.00 bits per heavy atom. The molecule has 0 spiro atoms. The molecule has 6 heteroatoms. The van der Waals surface area contributed by atoms with Gasteiger partial charge in [-0.3, -0.25) is 14.2 Å². The highest BCUT2D eigenvalue weighted by atomic mass is 16.5. The fourth-order valence-corrected chi connectivity index (χ4v) is 2.11. The summed E-state index contributed by atoms with van der Waals surface area (Å²) >= 11 is 0. The van der Waals surface area contributed by atoms with Crippen LogP contribution in [0.25, 0.3) is 0 Å². The van der Waals surface area contributed by atoms with Crippen molar-refractivity contribution in [2.75, 3.05) is 7.11 Å². The molecule has 1 aromatic heterocycles. The summed E-state index contributed by atoms with van der Waals surface area (Å²) in [6.07, 6.45) is 1.61. The third-order valence-electron chi connectivity index (χ3n) is 3.24. The van der Waals surface area contributed by atoms with E-state index in [1.54, 1.807) is 7.11 Å². The van der Waals surface area contributed by atoms with Crippen LogP contribution in [-0.4, -0.2) is 22.4 Å². The number of aryl methyl sites for hydroxylation is 1. The quantitative estimate of drug-likeness (QED) is 0.832. The number of ketones is 1. The molecule has 0 fully saturated rings. The van der Waals surface area contributed by atoms with E-state index in [0.29, 0.717) is 12.2 Å². The van der Waals surface area contributed by atoms with E-state index >= 15 is 0 Å². The average molecular weight is 288 g/mol. The van der Waals surface area contributed by atoms with E-state index in [1.807, 2.05) is 24.3 Å². The number of nitrogens with one attached hydrogen (secondary N) is 1. The monoisotopic (exact) mass is 288 g/mol. The lowest BCUT2D eigenvalue weighted by Crippen LogP contribution is -2.38. The van der Waals surface area contributed by atoms with E-state index in [9.17, 15) is 14.4 Å². The number of hydrogen-bond donors (Lipinski definition) is 1. The maximum Gasteiger partial charge on any atom is 0.328 e. The number of ether oxygens (including phenoxy) is 1. The molecule has 1 aromatic carbocycles. The maximum absolute atomic E-state index is 12.1. The molecule has 0 atom stereocenters. The van der Waals surface area contributed by atoms with Gasteiger partial charge in [0.05, 0.1) is 12.7 Å². The van der Waals surface area contributed by atoms with Gasteiger partial charge in [-0.1, -0.05) is 18.2 Å². The topological polar surface area (TPSA) is 81.2 Å². The highest BCUT2D eigenvalue weighted by molar-refractivity contribution is 5.93. The summed E-state index contributed by atoms with van der Waals surface area (Å²) in [7, 11) is 1.56. The van der Waals surface area contributed by atoms with E-state index in [-0.39, 0.29) is 17.9 Å². The summed E-state index contributed by atoms with van der Waals surface area (Å²) in [4.78, 5) is 37.6. The van der Waals surface area contributed by atoms with E-state index in [2.05, 4.69) is 4.98 Å². The molecule has 1 heterocycles. The first kappa shape index (κ1) is 14.8. The summed E-state index contributed by atoms with van der Waals surface area (Å²) in [6, 6.07) is 7.38. The summed E-state index contributed by atoms with van der Waals surface area (Å²) < 4.78 is 6.26. The van der Waals surface area contributed by atoms with Gasteiger partial charge in [0.25, 0.3) is 5.56 Å². The fourth-order valence-electron chi connectivity index (χ4n) is 2.11. The van der Waals surface area contributed by atoms with Gasteiger partial charge in [0, 0.05) is 12.7 Å². The van der Waals surface area contributed by atoms with Gasteiger partial charge in [0.15, 0.2) is 5.78 Å². The Morgan fingerprint density at radius 3 is 2.67 bits per heavy atom. The highest BCUT2D eigenvalue weighted by Gasteiger charge is 2.11. The molecule has 0 unspecified atom stereocenters. The molecule has 0 aliphatic rings. The molecule has 110 valence electrons. The van der Waals surface area contributed by atoms with Crippen molar-refractivity contribution in [2.24, 2.45) is 0 Å². The summed E-state index contributed by atoms with van der Waals surface area (Å²) in [6.45, 7) is 1.47. The smallest absolute Gasteiger partial charge is 0.328 e. The molecule has 0 radical (unpaired) electrons. The minimum absolute atomic E-state index is 0.0189. The second kappa shape index (κ2) is 6.21. The largest absolute Gasteiger partial charge is 0.496 e. The Balaban J connectivity index is 2.32. The van der Waals surface area contributed by atoms with Gasteiger partial charge in [-0.2, -0.15) is 0 Å². The Morgan fingerprint density at radius 1 is 1.29 bits per heavy atom. The number of benzene rings is 1. The third kappa shape index (κ3) is 3.10. The molecular weight excluding hydrogens is 272 g/mol. The maximum atomic E-state index is 12.1. The zero-order valence-electron chi connectivity index (χ0n) is 11.9. The van der Waals surface area contributed by atoms with Crippen LogP contribution in [0, 0.1) is 0 Å². The molecule has 2 rings (SSSR count). The summed E-state index contributed by atoms with van der Waals surface area (Å²) in [5.74, 6) is 0.326. The number of H-pyrrole nitrogens is 1. The van der Waals surface area contributed by atoms with Gasteiger partial charge in [-0.15, -0.1) is 0 Å². The molecule has 21 heavy (non-hydrogen) atoms. The minimum atomic E-state index is -0.568. The SMILES string of the molecule is COc1ccccc1CCn1c(=O)[nH]cc(C(C)=O)c1=O. The van der Waals surface area contributed by atoms with Crippen molar-refractivity contribution in [2.45, 2.75) is 19.9 Å². The van der Waals surface area contributed by atoms with Gasteiger partial charge in [0.2, 0.25) is 0 Å². The number of hydrogen-bond acceptors (Lipinski definition) is 4. The van der Waals surface area contributed by atoms with Crippen molar-refractivity contribution in [1.29, 1.82) is 0 Å². The molecular formula is C15H16N2O4. The fraction of sp³-hybridized carbons (Fsp3) is 0.267. The van der Waals surface area contributed by atoms with Crippen LogP contribution in [0.2, 0.25) is 0 Å². The van der Waals surface area contributed by atoms with Crippen molar-refractivity contribution in [3.8, 4) is 5.75 Å². The van der Waals surface area contributed by atoms with Crippen LogP contribution in [0.4, 0.5) is 0 Å². The number of methoxy groups -OCH3 is 1. The molecule has 0 bridgehead atoms. The lowest BCUT2D eigenvalue weighted by atomic mass is 10.1. The normalized spacial score (nSPS) is 10.4. The van der Waals surface area contributed by atoms with Crippen LogP contribution >= 0.6 is 0 Å². The Bertz CT molecular complexity index is 774.